The Morgan fingerprint density at radius 3 is 2.38 bits per heavy atom. The fourth-order valence-corrected chi connectivity index (χ4v) is 6.41. The first-order valence-corrected chi connectivity index (χ1v) is 13.1. The van der Waals surface area contributed by atoms with E-state index in [1.165, 1.54) is 19.1 Å². The van der Waals surface area contributed by atoms with Gasteiger partial charge in [0.25, 0.3) is 5.91 Å². The molecule has 1 N–H and O–H groups in total. The van der Waals surface area contributed by atoms with Gasteiger partial charge in [-0.2, -0.15) is 0 Å². The molecule has 0 bridgehead atoms. The zero-order valence-electron chi connectivity index (χ0n) is 17.7. The van der Waals surface area contributed by atoms with E-state index in [2.05, 4.69) is 5.32 Å². The highest BCUT2D eigenvalue weighted by Crippen LogP contribution is 2.41. The molecule has 4 rings (SSSR count). The number of halogens is 2. The van der Waals surface area contributed by atoms with Gasteiger partial charge in [0, 0.05) is 27.4 Å². The quantitative estimate of drug-likeness (QED) is 0.246. The van der Waals surface area contributed by atoms with Crippen LogP contribution in [0.2, 0.25) is 10.0 Å². The van der Waals surface area contributed by atoms with Crippen LogP contribution >= 0.6 is 35.0 Å². The summed E-state index contributed by atoms with van der Waals surface area (Å²) >= 11 is 13.5. The number of carbonyl (C=O) groups excluding carboxylic acids is 2. The lowest BCUT2D eigenvalue weighted by atomic mass is 10.2. The molecule has 10 heteroatoms. The van der Waals surface area contributed by atoms with Crippen LogP contribution < -0.4 is 10.1 Å². The molecule has 0 radical (unpaired) electrons. The maximum absolute atomic E-state index is 13.1. The molecular weight excluding hydrogens is 517 g/mol. The van der Waals surface area contributed by atoms with E-state index in [4.69, 9.17) is 27.9 Å². The molecule has 0 spiro atoms. The summed E-state index contributed by atoms with van der Waals surface area (Å²) in [6.45, 7) is 1.31. The summed E-state index contributed by atoms with van der Waals surface area (Å²) in [5.74, 6) is -0.680. The standard InChI is InChI=1S/C24H17Cl2NO5S2/c1-14(28)32-16-7-5-15(6-8-16)11-23-24(29)27-21-10-9-17(12-22(21)33-23)34(30,31)13-18-19(25)3-2-4-20(18)26/h2-12H,13H2,1H3,(H,27,29)/b23-11+. The van der Waals surface area contributed by atoms with Gasteiger partial charge in [-0.05, 0) is 54.1 Å². The molecule has 0 fully saturated rings. The van der Waals surface area contributed by atoms with Crippen LogP contribution in [0.1, 0.15) is 18.1 Å². The molecular formula is C24H17Cl2NO5S2. The van der Waals surface area contributed by atoms with Crippen molar-refractivity contribution >= 4 is 68.4 Å². The van der Waals surface area contributed by atoms with Crippen LogP contribution in [-0.2, 0) is 25.2 Å². The number of fused-ring (bicyclic) bond motifs is 1. The van der Waals surface area contributed by atoms with Crippen LogP contribution in [0.5, 0.6) is 5.75 Å². The molecule has 1 aliphatic heterocycles. The SMILES string of the molecule is CC(=O)Oc1ccc(/C=C2/Sc3cc(S(=O)(=O)Cc4c(Cl)cccc4Cl)ccc3NC2=O)cc1. The number of thioether (sulfide) groups is 1. The molecule has 0 aromatic heterocycles. The second-order valence-corrected chi connectivity index (χ2v) is 11.2. The summed E-state index contributed by atoms with van der Waals surface area (Å²) < 4.78 is 31.2. The fourth-order valence-electron chi connectivity index (χ4n) is 3.22. The summed E-state index contributed by atoms with van der Waals surface area (Å²) in [7, 11) is -3.75. The van der Waals surface area contributed by atoms with E-state index in [1.54, 1.807) is 54.6 Å². The molecule has 174 valence electrons. The Labute approximate surface area is 210 Å². The van der Waals surface area contributed by atoms with Crippen LogP contribution in [0.25, 0.3) is 6.08 Å². The first-order valence-electron chi connectivity index (χ1n) is 9.91. The van der Waals surface area contributed by atoms with E-state index in [-0.39, 0.29) is 26.6 Å². The average Bonchev–Trinajstić information content (AvgIpc) is 2.77. The third kappa shape index (κ3) is 5.47. The summed E-state index contributed by atoms with van der Waals surface area (Å²) in [6, 6.07) is 16.0. The van der Waals surface area contributed by atoms with Crippen molar-refractivity contribution in [2.24, 2.45) is 0 Å². The van der Waals surface area contributed by atoms with Crippen LogP contribution in [0.4, 0.5) is 5.69 Å². The Hall–Kier alpha value is -2.78. The minimum absolute atomic E-state index is 0.0935. The molecule has 34 heavy (non-hydrogen) atoms. The van der Waals surface area contributed by atoms with E-state index < -0.39 is 15.8 Å². The monoisotopic (exact) mass is 533 g/mol. The van der Waals surface area contributed by atoms with Crippen LogP contribution in [-0.4, -0.2) is 20.3 Å². The number of ether oxygens (including phenoxy) is 1. The zero-order valence-corrected chi connectivity index (χ0v) is 20.8. The number of amides is 1. The first kappa shape index (κ1) is 24.3. The predicted octanol–water partition coefficient (Wildman–Crippen LogP) is 5.98. The van der Waals surface area contributed by atoms with Crippen molar-refractivity contribution in [3.8, 4) is 5.75 Å². The Kier molecular flexibility index (Phi) is 7.04. The number of hydrogen-bond donors (Lipinski definition) is 1. The van der Waals surface area contributed by atoms with Crippen molar-refractivity contribution in [2.75, 3.05) is 5.32 Å². The van der Waals surface area contributed by atoms with Gasteiger partial charge < -0.3 is 10.1 Å². The van der Waals surface area contributed by atoms with Crippen molar-refractivity contribution in [3.05, 3.63) is 86.7 Å². The molecule has 0 saturated heterocycles. The lowest BCUT2D eigenvalue weighted by molar-refractivity contribution is -0.131. The van der Waals surface area contributed by atoms with Crippen molar-refractivity contribution in [1.82, 2.24) is 0 Å². The summed E-state index contributed by atoms with van der Waals surface area (Å²) in [6.07, 6.45) is 1.67. The van der Waals surface area contributed by atoms with Gasteiger partial charge in [-0.15, -0.1) is 0 Å². The number of benzene rings is 3. The number of carbonyl (C=O) groups is 2. The van der Waals surface area contributed by atoms with Crippen molar-refractivity contribution in [3.63, 3.8) is 0 Å². The largest absolute Gasteiger partial charge is 0.427 e. The third-order valence-corrected chi connectivity index (χ3v) is 8.27. The molecule has 6 nitrogen and oxygen atoms in total. The van der Waals surface area contributed by atoms with E-state index in [0.29, 0.717) is 32.4 Å². The lowest BCUT2D eigenvalue weighted by Gasteiger charge is -2.19. The van der Waals surface area contributed by atoms with E-state index in [1.807, 2.05) is 0 Å². The molecule has 0 atom stereocenters. The lowest BCUT2D eigenvalue weighted by Crippen LogP contribution is -2.17. The molecule has 0 saturated carbocycles. The number of rotatable bonds is 5. The van der Waals surface area contributed by atoms with Crippen LogP contribution in [0.3, 0.4) is 0 Å². The Balaban J connectivity index is 1.60. The highest BCUT2D eigenvalue weighted by Gasteiger charge is 2.25. The number of hydrogen-bond acceptors (Lipinski definition) is 6. The molecule has 0 unspecified atom stereocenters. The predicted molar refractivity (Wildman–Crippen MR) is 134 cm³/mol. The maximum atomic E-state index is 13.1. The van der Waals surface area contributed by atoms with Gasteiger partial charge in [0.1, 0.15) is 5.75 Å². The number of esters is 1. The van der Waals surface area contributed by atoms with Crippen LogP contribution in [0.15, 0.2) is 75.4 Å². The minimum Gasteiger partial charge on any atom is -0.427 e. The average molecular weight is 534 g/mol. The van der Waals surface area contributed by atoms with Gasteiger partial charge in [-0.1, -0.05) is 53.2 Å². The molecule has 0 aliphatic carbocycles. The normalized spacial score (nSPS) is 14.4. The molecule has 3 aromatic carbocycles. The second kappa shape index (κ2) is 9.84. The smallest absolute Gasteiger partial charge is 0.308 e. The van der Waals surface area contributed by atoms with Crippen molar-refractivity contribution < 1.29 is 22.7 Å². The summed E-state index contributed by atoms with van der Waals surface area (Å²) in [5.41, 5.74) is 1.57. The Bertz CT molecular complexity index is 1410. The van der Waals surface area contributed by atoms with Gasteiger partial charge in [0.05, 0.1) is 21.2 Å². The van der Waals surface area contributed by atoms with E-state index in [0.717, 1.165) is 11.8 Å². The van der Waals surface area contributed by atoms with Crippen LogP contribution in [0, 0.1) is 0 Å². The van der Waals surface area contributed by atoms with Crippen molar-refractivity contribution in [2.45, 2.75) is 22.5 Å². The van der Waals surface area contributed by atoms with E-state index in [9.17, 15) is 18.0 Å². The van der Waals surface area contributed by atoms with Gasteiger partial charge in [-0.3, -0.25) is 9.59 Å². The Morgan fingerprint density at radius 2 is 1.74 bits per heavy atom. The molecule has 1 amide bonds. The van der Waals surface area contributed by atoms with Crippen molar-refractivity contribution in [1.29, 1.82) is 0 Å². The molecule has 1 aliphatic rings. The first-order chi connectivity index (χ1) is 16.1. The zero-order chi connectivity index (χ0) is 24.5. The van der Waals surface area contributed by atoms with Gasteiger partial charge in [0.2, 0.25) is 0 Å². The van der Waals surface area contributed by atoms with Gasteiger partial charge in [-0.25, -0.2) is 8.42 Å². The van der Waals surface area contributed by atoms with Gasteiger partial charge in [0.15, 0.2) is 9.84 Å². The highest BCUT2D eigenvalue weighted by molar-refractivity contribution is 8.04. The third-order valence-electron chi connectivity index (χ3n) is 4.84. The van der Waals surface area contributed by atoms with E-state index >= 15 is 0 Å². The fraction of sp³-hybridized carbons (Fsp3) is 0.0833. The summed E-state index contributed by atoms with van der Waals surface area (Å²) in [5, 5.41) is 3.34. The van der Waals surface area contributed by atoms with Gasteiger partial charge >= 0.3 is 5.97 Å². The molecule has 3 aromatic rings. The molecule has 1 heterocycles. The topological polar surface area (TPSA) is 89.5 Å². The maximum Gasteiger partial charge on any atom is 0.308 e. The Morgan fingerprint density at radius 1 is 1.06 bits per heavy atom. The summed E-state index contributed by atoms with van der Waals surface area (Å²) in [4.78, 5) is 24.7. The number of sulfone groups is 1. The second-order valence-electron chi connectivity index (χ2n) is 7.34. The number of nitrogens with one attached hydrogen (secondary N) is 1. The number of anilines is 1. The minimum atomic E-state index is -3.75. The highest BCUT2D eigenvalue weighted by atomic mass is 35.5.